The number of aryl methyl sites for hydroxylation is 2. The van der Waals surface area contributed by atoms with Crippen LogP contribution in [0.1, 0.15) is 5.56 Å². The standard InChI is InChI=1S/C21H11ClFN3O2/c22-12-3-6-14-16(9-12)25-7-8-26-20(25)18(19(14)27)17(15(10-24)21(26)28)11-1-4-13(23)5-2-11/h1-6,9H,7-8H2. The van der Waals surface area contributed by atoms with Crippen LogP contribution in [0.25, 0.3) is 33.1 Å². The number of nitrogens with zero attached hydrogens (tertiary/aromatic N) is 3. The summed E-state index contributed by atoms with van der Waals surface area (Å²) in [5.41, 5.74) is 0.944. The topological polar surface area (TPSA) is 67.8 Å². The van der Waals surface area contributed by atoms with Crippen LogP contribution in [0.2, 0.25) is 5.02 Å². The molecule has 0 saturated heterocycles. The van der Waals surface area contributed by atoms with Crippen molar-refractivity contribution in [2.75, 3.05) is 0 Å². The monoisotopic (exact) mass is 391 g/mol. The molecule has 5 rings (SSSR count). The average molecular weight is 392 g/mol. The first kappa shape index (κ1) is 16.7. The van der Waals surface area contributed by atoms with Crippen LogP contribution < -0.4 is 11.0 Å². The van der Waals surface area contributed by atoms with Gasteiger partial charge in [-0.05, 0) is 35.9 Å². The number of hydrogen-bond donors (Lipinski definition) is 0. The number of fused-ring (bicyclic) bond motifs is 2. The van der Waals surface area contributed by atoms with E-state index in [2.05, 4.69) is 0 Å². The summed E-state index contributed by atoms with van der Waals surface area (Å²) in [5, 5.41) is 10.9. The number of pyridine rings is 2. The summed E-state index contributed by atoms with van der Waals surface area (Å²) < 4.78 is 16.8. The second-order valence-corrected chi connectivity index (χ2v) is 7.10. The smallest absolute Gasteiger partial charge is 0.270 e. The van der Waals surface area contributed by atoms with E-state index >= 15 is 0 Å². The van der Waals surface area contributed by atoms with E-state index in [0.29, 0.717) is 40.2 Å². The van der Waals surface area contributed by atoms with E-state index in [1.165, 1.54) is 28.8 Å². The molecule has 0 bridgehead atoms. The van der Waals surface area contributed by atoms with Crippen molar-refractivity contribution >= 4 is 33.5 Å². The molecule has 0 radical (unpaired) electrons. The third-order valence-electron chi connectivity index (χ3n) is 5.21. The van der Waals surface area contributed by atoms with E-state index in [9.17, 15) is 19.2 Å². The molecule has 0 amide bonds. The molecule has 4 aromatic rings. The molecule has 7 heteroatoms. The lowest BCUT2D eigenvalue weighted by molar-refractivity contribution is 0.628. The maximum Gasteiger partial charge on any atom is 0.270 e. The Balaban J connectivity index is 2.10. The minimum atomic E-state index is -0.457. The zero-order valence-corrected chi connectivity index (χ0v) is 15.1. The summed E-state index contributed by atoms with van der Waals surface area (Å²) in [7, 11) is 0. The Bertz CT molecular complexity index is 1480. The van der Waals surface area contributed by atoms with Gasteiger partial charge in [0.25, 0.3) is 5.56 Å². The molecule has 2 aromatic heterocycles. The number of halogens is 2. The molecule has 0 unspecified atom stereocenters. The molecule has 2 aromatic carbocycles. The molecule has 1 aliphatic rings. The largest absolute Gasteiger partial charge is 0.325 e. The van der Waals surface area contributed by atoms with Crippen molar-refractivity contribution in [1.82, 2.24) is 9.13 Å². The molecule has 0 spiro atoms. The van der Waals surface area contributed by atoms with Crippen molar-refractivity contribution in [3.8, 4) is 17.2 Å². The Hall–Kier alpha value is -3.43. The number of benzene rings is 2. The third-order valence-corrected chi connectivity index (χ3v) is 5.44. The fourth-order valence-corrected chi connectivity index (χ4v) is 4.18. The summed E-state index contributed by atoms with van der Waals surface area (Å²) in [6, 6.07) is 12.4. The quantitative estimate of drug-likeness (QED) is 0.465. The van der Waals surface area contributed by atoms with Crippen LogP contribution in [0, 0.1) is 17.1 Å². The fraction of sp³-hybridized carbons (Fsp3) is 0.0952. The zero-order chi connectivity index (χ0) is 19.6. The van der Waals surface area contributed by atoms with Crippen LogP contribution in [0.15, 0.2) is 52.1 Å². The first-order valence-electron chi connectivity index (χ1n) is 8.60. The van der Waals surface area contributed by atoms with E-state index in [4.69, 9.17) is 11.6 Å². The zero-order valence-electron chi connectivity index (χ0n) is 14.4. The molecule has 3 heterocycles. The first-order chi connectivity index (χ1) is 13.5. The Morgan fingerprint density at radius 1 is 1.04 bits per heavy atom. The highest BCUT2D eigenvalue weighted by atomic mass is 35.5. The lowest BCUT2D eigenvalue weighted by atomic mass is 9.96. The minimum Gasteiger partial charge on any atom is -0.325 e. The number of rotatable bonds is 1. The number of nitriles is 1. The second-order valence-electron chi connectivity index (χ2n) is 6.67. The molecule has 0 fully saturated rings. The molecular weight excluding hydrogens is 381 g/mol. The van der Waals surface area contributed by atoms with Gasteiger partial charge in [-0.25, -0.2) is 4.39 Å². The lowest BCUT2D eigenvalue weighted by Crippen LogP contribution is -2.24. The van der Waals surface area contributed by atoms with E-state index in [1.54, 1.807) is 18.2 Å². The van der Waals surface area contributed by atoms with Gasteiger partial charge in [0.15, 0.2) is 5.43 Å². The minimum absolute atomic E-state index is 0.113. The van der Waals surface area contributed by atoms with Crippen LogP contribution in [-0.2, 0) is 13.1 Å². The van der Waals surface area contributed by atoms with E-state index in [0.717, 1.165) is 0 Å². The summed E-state index contributed by atoms with van der Waals surface area (Å²) in [5.74, 6) is -0.443. The Morgan fingerprint density at radius 3 is 2.46 bits per heavy atom. The molecule has 0 N–H and O–H groups in total. The van der Waals surface area contributed by atoms with Crippen LogP contribution >= 0.6 is 11.6 Å². The average Bonchev–Trinajstić information content (AvgIpc) is 3.13. The van der Waals surface area contributed by atoms with Crippen LogP contribution in [0.4, 0.5) is 4.39 Å². The molecule has 136 valence electrons. The molecule has 0 atom stereocenters. The molecule has 0 aliphatic carbocycles. The predicted molar refractivity (Wildman–Crippen MR) is 105 cm³/mol. The van der Waals surface area contributed by atoms with Gasteiger partial charge in [0.1, 0.15) is 23.1 Å². The summed E-state index contributed by atoms with van der Waals surface area (Å²) in [4.78, 5) is 26.4. The van der Waals surface area contributed by atoms with Crippen LogP contribution in [0.3, 0.4) is 0 Å². The van der Waals surface area contributed by atoms with Crippen molar-refractivity contribution < 1.29 is 4.39 Å². The summed E-state index contributed by atoms with van der Waals surface area (Å²) in [6.07, 6.45) is 0. The highest BCUT2D eigenvalue weighted by molar-refractivity contribution is 6.31. The van der Waals surface area contributed by atoms with Gasteiger partial charge in [0.05, 0.1) is 10.9 Å². The fourth-order valence-electron chi connectivity index (χ4n) is 4.02. The van der Waals surface area contributed by atoms with Gasteiger partial charge in [0, 0.05) is 29.1 Å². The van der Waals surface area contributed by atoms with Crippen LogP contribution in [-0.4, -0.2) is 9.13 Å². The predicted octanol–water partition coefficient (Wildman–Crippen LogP) is 3.66. The van der Waals surface area contributed by atoms with Crippen LogP contribution in [0.5, 0.6) is 0 Å². The Labute approximate surface area is 162 Å². The van der Waals surface area contributed by atoms with Gasteiger partial charge in [-0.15, -0.1) is 0 Å². The molecular formula is C21H11ClFN3O2. The van der Waals surface area contributed by atoms with E-state index < -0.39 is 11.4 Å². The van der Waals surface area contributed by atoms with Gasteiger partial charge < -0.3 is 4.57 Å². The first-order valence-corrected chi connectivity index (χ1v) is 8.97. The van der Waals surface area contributed by atoms with Gasteiger partial charge in [-0.2, -0.15) is 5.26 Å². The molecule has 0 saturated carbocycles. The third kappa shape index (κ3) is 2.11. The number of aromatic nitrogens is 2. The molecule has 5 nitrogen and oxygen atoms in total. The molecule has 1 aliphatic heterocycles. The lowest BCUT2D eigenvalue weighted by Gasteiger charge is -2.14. The summed E-state index contributed by atoms with van der Waals surface area (Å²) in [6.45, 7) is 0.847. The SMILES string of the molecule is N#Cc1c(-c2ccc(F)cc2)c2c(=O)c3ccc(Cl)cc3n3c2n(c1=O)CC3. The second kappa shape index (κ2) is 5.78. The highest BCUT2D eigenvalue weighted by Gasteiger charge is 2.27. The normalized spacial score (nSPS) is 12.6. The van der Waals surface area contributed by atoms with Crippen molar-refractivity contribution in [2.45, 2.75) is 13.1 Å². The van der Waals surface area contributed by atoms with Gasteiger partial charge >= 0.3 is 0 Å². The summed E-state index contributed by atoms with van der Waals surface area (Å²) >= 11 is 6.13. The molecule has 28 heavy (non-hydrogen) atoms. The highest BCUT2D eigenvalue weighted by Crippen LogP contribution is 2.33. The van der Waals surface area contributed by atoms with Crippen molar-refractivity contribution in [1.29, 1.82) is 5.26 Å². The van der Waals surface area contributed by atoms with Crippen molar-refractivity contribution in [3.05, 3.63) is 79.4 Å². The van der Waals surface area contributed by atoms with E-state index in [1.807, 2.05) is 10.6 Å². The maximum atomic E-state index is 13.4. The number of hydrogen-bond acceptors (Lipinski definition) is 3. The maximum absolute atomic E-state index is 13.4. The van der Waals surface area contributed by atoms with Gasteiger partial charge in [-0.3, -0.25) is 14.2 Å². The van der Waals surface area contributed by atoms with Gasteiger partial charge in [0.2, 0.25) is 0 Å². The van der Waals surface area contributed by atoms with Crippen molar-refractivity contribution in [2.24, 2.45) is 0 Å². The Kier molecular flexibility index (Phi) is 3.45. The van der Waals surface area contributed by atoms with Gasteiger partial charge in [-0.1, -0.05) is 23.7 Å². The van der Waals surface area contributed by atoms with E-state index in [-0.39, 0.29) is 21.9 Å². The van der Waals surface area contributed by atoms with Crippen molar-refractivity contribution in [3.63, 3.8) is 0 Å². The Morgan fingerprint density at radius 2 is 1.75 bits per heavy atom.